The molecule has 0 aliphatic rings. The van der Waals surface area contributed by atoms with Gasteiger partial charge < -0.3 is 10.1 Å². The molecule has 2 aromatic rings. The third-order valence-corrected chi connectivity index (χ3v) is 4.31. The fraction of sp³-hybridized carbons (Fsp3) is 0.438. The highest BCUT2D eigenvalue weighted by Crippen LogP contribution is 2.22. The standard InChI is InChI=1S/C16H22N2OS/c1-11(2)13-5-7-14(8-6-13)19-10-16-18-12(3)15(20-16)9-17-4/h5-8,11,17H,9-10H2,1-4H3. The highest BCUT2D eigenvalue weighted by Gasteiger charge is 2.07. The molecule has 0 aliphatic heterocycles. The zero-order valence-corrected chi connectivity index (χ0v) is 13.4. The van der Waals surface area contributed by atoms with E-state index >= 15 is 0 Å². The van der Waals surface area contributed by atoms with Gasteiger partial charge in [-0.05, 0) is 37.6 Å². The number of benzene rings is 1. The van der Waals surface area contributed by atoms with E-state index in [1.807, 2.05) is 26.1 Å². The summed E-state index contributed by atoms with van der Waals surface area (Å²) in [6.07, 6.45) is 0. The molecule has 1 heterocycles. The number of hydrogen-bond donors (Lipinski definition) is 1. The maximum atomic E-state index is 5.80. The lowest BCUT2D eigenvalue weighted by Crippen LogP contribution is -2.04. The van der Waals surface area contributed by atoms with Crippen molar-refractivity contribution in [3.8, 4) is 5.75 Å². The van der Waals surface area contributed by atoms with Crippen LogP contribution >= 0.6 is 11.3 Å². The van der Waals surface area contributed by atoms with Gasteiger partial charge in [-0.2, -0.15) is 0 Å². The Morgan fingerprint density at radius 1 is 1.25 bits per heavy atom. The summed E-state index contributed by atoms with van der Waals surface area (Å²) in [5, 5.41) is 4.19. The van der Waals surface area contributed by atoms with Crippen molar-refractivity contribution >= 4 is 11.3 Å². The molecule has 0 unspecified atom stereocenters. The van der Waals surface area contributed by atoms with Crippen LogP contribution in [0.3, 0.4) is 0 Å². The number of rotatable bonds is 6. The monoisotopic (exact) mass is 290 g/mol. The molecule has 0 saturated carbocycles. The Labute approximate surface area is 125 Å². The normalized spacial score (nSPS) is 11.1. The van der Waals surface area contributed by atoms with E-state index in [0.717, 1.165) is 23.0 Å². The van der Waals surface area contributed by atoms with E-state index in [0.29, 0.717) is 12.5 Å². The average molecular weight is 290 g/mol. The van der Waals surface area contributed by atoms with Gasteiger partial charge in [0.15, 0.2) is 0 Å². The second-order valence-corrected chi connectivity index (χ2v) is 6.33. The van der Waals surface area contributed by atoms with Crippen molar-refractivity contribution in [1.82, 2.24) is 10.3 Å². The summed E-state index contributed by atoms with van der Waals surface area (Å²) in [5.74, 6) is 1.45. The topological polar surface area (TPSA) is 34.1 Å². The number of hydrogen-bond acceptors (Lipinski definition) is 4. The molecule has 4 heteroatoms. The van der Waals surface area contributed by atoms with Crippen LogP contribution in [0, 0.1) is 6.92 Å². The second kappa shape index (κ2) is 6.86. The number of aromatic nitrogens is 1. The van der Waals surface area contributed by atoms with Crippen molar-refractivity contribution < 1.29 is 4.74 Å². The van der Waals surface area contributed by atoms with Gasteiger partial charge in [0, 0.05) is 11.4 Å². The average Bonchev–Trinajstić information content (AvgIpc) is 2.78. The van der Waals surface area contributed by atoms with E-state index in [2.05, 4.69) is 36.3 Å². The molecule has 1 aromatic carbocycles. The molecule has 0 amide bonds. The minimum absolute atomic E-state index is 0.538. The summed E-state index contributed by atoms with van der Waals surface area (Å²) in [6.45, 7) is 7.84. The van der Waals surface area contributed by atoms with Gasteiger partial charge in [-0.1, -0.05) is 26.0 Å². The SMILES string of the molecule is CNCc1sc(COc2ccc(C(C)C)cc2)nc1C. The summed E-state index contributed by atoms with van der Waals surface area (Å²) in [7, 11) is 1.95. The number of nitrogens with zero attached hydrogens (tertiary/aromatic N) is 1. The van der Waals surface area contributed by atoms with Crippen molar-refractivity contribution in [2.75, 3.05) is 7.05 Å². The Balaban J connectivity index is 1.96. The zero-order valence-electron chi connectivity index (χ0n) is 12.6. The van der Waals surface area contributed by atoms with Crippen molar-refractivity contribution in [3.05, 3.63) is 45.4 Å². The van der Waals surface area contributed by atoms with Gasteiger partial charge in [-0.3, -0.25) is 0 Å². The summed E-state index contributed by atoms with van der Waals surface area (Å²) in [4.78, 5) is 5.82. The van der Waals surface area contributed by atoms with Crippen LogP contribution in [0.1, 0.15) is 40.9 Å². The van der Waals surface area contributed by atoms with E-state index < -0.39 is 0 Å². The van der Waals surface area contributed by atoms with E-state index in [1.165, 1.54) is 10.4 Å². The van der Waals surface area contributed by atoms with Gasteiger partial charge in [0.25, 0.3) is 0 Å². The van der Waals surface area contributed by atoms with Gasteiger partial charge in [0.1, 0.15) is 17.4 Å². The molecule has 0 saturated heterocycles. The minimum Gasteiger partial charge on any atom is -0.486 e. The lowest BCUT2D eigenvalue weighted by atomic mass is 10.0. The largest absolute Gasteiger partial charge is 0.486 e. The first-order valence-electron chi connectivity index (χ1n) is 6.92. The summed E-state index contributed by atoms with van der Waals surface area (Å²) >= 11 is 1.71. The van der Waals surface area contributed by atoms with E-state index in [9.17, 15) is 0 Å². The van der Waals surface area contributed by atoms with E-state index in [1.54, 1.807) is 11.3 Å². The molecule has 0 bridgehead atoms. The van der Waals surface area contributed by atoms with Crippen LogP contribution in [-0.2, 0) is 13.2 Å². The smallest absolute Gasteiger partial charge is 0.140 e. The van der Waals surface area contributed by atoms with Crippen molar-refractivity contribution in [1.29, 1.82) is 0 Å². The van der Waals surface area contributed by atoms with Crippen LogP contribution in [0.25, 0.3) is 0 Å². The maximum absolute atomic E-state index is 5.80. The number of ether oxygens (including phenoxy) is 1. The first kappa shape index (κ1) is 15.0. The molecular weight excluding hydrogens is 268 g/mol. The van der Waals surface area contributed by atoms with Gasteiger partial charge in [-0.15, -0.1) is 11.3 Å². The fourth-order valence-corrected chi connectivity index (χ4v) is 2.96. The molecule has 0 fully saturated rings. The van der Waals surface area contributed by atoms with Crippen LogP contribution in [0.5, 0.6) is 5.75 Å². The summed E-state index contributed by atoms with van der Waals surface area (Å²) in [5.41, 5.74) is 2.43. The molecule has 0 atom stereocenters. The summed E-state index contributed by atoms with van der Waals surface area (Å²) < 4.78 is 5.80. The summed E-state index contributed by atoms with van der Waals surface area (Å²) in [6, 6.07) is 8.31. The van der Waals surface area contributed by atoms with Crippen LogP contribution in [0.4, 0.5) is 0 Å². The highest BCUT2D eigenvalue weighted by molar-refractivity contribution is 7.11. The van der Waals surface area contributed by atoms with Crippen LogP contribution in [0.15, 0.2) is 24.3 Å². The quantitative estimate of drug-likeness (QED) is 0.877. The Bertz CT molecular complexity index is 546. The lowest BCUT2D eigenvalue weighted by Gasteiger charge is -2.07. The minimum atomic E-state index is 0.538. The molecule has 1 aromatic heterocycles. The molecule has 20 heavy (non-hydrogen) atoms. The first-order chi connectivity index (χ1) is 9.60. The van der Waals surface area contributed by atoms with Crippen LogP contribution in [0.2, 0.25) is 0 Å². The predicted molar refractivity (Wildman–Crippen MR) is 84.5 cm³/mol. The van der Waals surface area contributed by atoms with E-state index in [-0.39, 0.29) is 0 Å². The van der Waals surface area contributed by atoms with Gasteiger partial charge >= 0.3 is 0 Å². The van der Waals surface area contributed by atoms with Gasteiger partial charge in [0.05, 0.1) is 5.69 Å². The highest BCUT2D eigenvalue weighted by atomic mass is 32.1. The molecular formula is C16H22N2OS. The Morgan fingerprint density at radius 3 is 2.55 bits per heavy atom. The second-order valence-electron chi connectivity index (χ2n) is 5.16. The molecule has 3 nitrogen and oxygen atoms in total. The zero-order chi connectivity index (χ0) is 14.5. The molecule has 0 spiro atoms. The maximum Gasteiger partial charge on any atom is 0.140 e. The van der Waals surface area contributed by atoms with Crippen molar-refractivity contribution in [3.63, 3.8) is 0 Å². The third kappa shape index (κ3) is 3.81. The molecule has 0 radical (unpaired) electrons. The molecule has 2 rings (SSSR count). The lowest BCUT2D eigenvalue weighted by molar-refractivity contribution is 0.305. The Kier molecular flexibility index (Phi) is 5.15. The molecule has 108 valence electrons. The number of thiazole rings is 1. The first-order valence-corrected chi connectivity index (χ1v) is 7.74. The predicted octanol–water partition coefficient (Wildman–Crippen LogP) is 3.87. The molecule has 1 N–H and O–H groups in total. The van der Waals surface area contributed by atoms with Gasteiger partial charge in [-0.25, -0.2) is 4.98 Å². The van der Waals surface area contributed by atoms with Crippen LogP contribution in [-0.4, -0.2) is 12.0 Å². The van der Waals surface area contributed by atoms with Gasteiger partial charge in [0.2, 0.25) is 0 Å². The van der Waals surface area contributed by atoms with Crippen LogP contribution < -0.4 is 10.1 Å². The van der Waals surface area contributed by atoms with E-state index in [4.69, 9.17) is 4.74 Å². The molecule has 0 aliphatic carbocycles. The fourth-order valence-electron chi connectivity index (χ4n) is 1.97. The number of nitrogens with one attached hydrogen (secondary N) is 1. The van der Waals surface area contributed by atoms with Crippen molar-refractivity contribution in [2.24, 2.45) is 0 Å². The Hall–Kier alpha value is -1.39. The number of aryl methyl sites for hydroxylation is 1. The Morgan fingerprint density at radius 2 is 1.95 bits per heavy atom. The third-order valence-electron chi connectivity index (χ3n) is 3.18. The van der Waals surface area contributed by atoms with Crippen molar-refractivity contribution in [2.45, 2.75) is 39.8 Å².